The van der Waals surface area contributed by atoms with Crippen LogP contribution in [0.25, 0.3) is 0 Å². The molecule has 1 N–H and O–H groups in total. The van der Waals surface area contributed by atoms with Gasteiger partial charge in [0.1, 0.15) is 11.5 Å². The molecule has 0 bridgehead atoms. The molecule has 0 aliphatic carbocycles. The number of fused-ring (bicyclic) bond motifs is 1. The first-order valence-electron chi connectivity index (χ1n) is 9.11. The summed E-state index contributed by atoms with van der Waals surface area (Å²) in [5.41, 5.74) is 1.71. The molecule has 0 unspecified atom stereocenters. The van der Waals surface area contributed by atoms with Crippen LogP contribution in [0, 0.1) is 6.92 Å². The van der Waals surface area contributed by atoms with E-state index in [2.05, 4.69) is 5.32 Å². The lowest BCUT2D eigenvalue weighted by molar-refractivity contribution is -0.128. The monoisotopic (exact) mass is 368 g/mol. The lowest BCUT2D eigenvalue weighted by atomic mass is 10.1. The third kappa shape index (κ3) is 4.58. The molecule has 2 aromatic rings. The number of aryl methyl sites for hydroxylation is 1. The molecule has 1 aliphatic rings. The lowest BCUT2D eigenvalue weighted by Gasteiger charge is -2.34. The van der Waals surface area contributed by atoms with E-state index in [-0.39, 0.29) is 25.0 Å². The maximum Gasteiger partial charge on any atom is 0.265 e. The van der Waals surface area contributed by atoms with E-state index in [1.54, 1.807) is 17.0 Å². The molecule has 1 aliphatic heterocycles. The second-order valence-corrected chi connectivity index (χ2v) is 6.47. The van der Waals surface area contributed by atoms with Crippen LogP contribution in [0.3, 0.4) is 0 Å². The van der Waals surface area contributed by atoms with Gasteiger partial charge in [0, 0.05) is 6.54 Å². The van der Waals surface area contributed by atoms with E-state index in [1.807, 2.05) is 50.2 Å². The fourth-order valence-corrected chi connectivity index (χ4v) is 2.90. The summed E-state index contributed by atoms with van der Waals surface area (Å²) in [6, 6.07) is 14.8. The highest BCUT2D eigenvalue weighted by Crippen LogP contribution is 2.33. The van der Waals surface area contributed by atoms with Gasteiger partial charge in [0.25, 0.3) is 11.8 Å². The lowest BCUT2D eigenvalue weighted by Crippen LogP contribution is -2.51. The first-order chi connectivity index (χ1) is 13.1. The number of nitrogens with zero attached hydrogens (tertiary/aromatic N) is 1. The first-order valence-corrected chi connectivity index (χ1v) is 9.11. The fourth-order valence-electron chi connectivity index (χ4n) is 2.90. The van der Waals surface area contributed by atoms with Crippen LogP contribution in [-0.4, -0.2) is 37.6 Å². The van der Waals surface area contributed by atoms with Gasteiger partial charge in [-0.1, -0.05) is 31.2 Å². The number of carbonyl (C=O) groups excluding carboxylic acids is 2. The molecule has 3 rings (SSSR count). The zero-order chi connectivity index (χ0) is 19.2. The Hall–Kier alpha value is -3.02. The van der Waals surface area contributed by atoms with E-state index in [9.17, 15) is 9.59 Å². The normalized spacial score (nSPS) is 15.5. The predicted octanol–water partition coefficient (Wildman–Crippen LogP) is 2.69. The summed E-state index contributed by atoms with van der Waals surface area (Å²) in [5.74, 6) is 0.718. The smallest absolute Gasteiger partial charge is 0.265 e. The molecule has 2 amide bonds. The summed E-state index contributed by atoms with van der Waals surface area (Å²) < 4.78 is 11.4. The van der Waals surface area contributed by atoms with Crippen molar-refractivity contribution in [3.8, 4) is 11.5 Å². The molecular formula is C21H24N2O4. The third-order valence-corrected chi connectivity index (χ3v) is 4.27. The Morgan fingerprint density at radius 3 is 2.81 bits per heavy atom. The Morgan fingerprint density at radius 2 is 2.04 bits per heavy atom. The van der Waals surface area contributed by atoms with E-state index < -0.39 is 6.10 Å². The third-order valence-electron chi connectivity index (χ3n) is 4.27. The van der Waals surface area contributed by atoms with Gasteiger partial charge in [-0.2, -0.15) is 0 Å². The van der Waals surface area contributed by atoms with Gasteiger partial charge in [-0.15, -0.1) is 0 Å². The average Bonchev–Trinajstić information content (AvgIpc) is 2.69. The summed E-state index contributed by atoms with van der Waals surface area (Å²) >= 11 is 0. The number of carbonyl (C=O) groups is 2. The van der Waals surface area contributed by atoms with Crippen molar-refractivity contribution >= 4 is 17.5 Å². The van der Waals surface area contributed by atoms with Gasteiger partial charge in [0.2, 0.25) is 0 Å². The molecule has 1 atom stereocenters. The molecule has 2 aromatic carbocycles. The molecular weight excluding hydrogens is 344 g/mol. The van der Waals surface area contributed by atoms with Crippen LogP contribution in [-0.2, 0) is 9.59 Å². The van der Waals surface area contributed by atoms with Crippen molar-refractivity contribution < 1.29 is 19.1 Å². The van der Waals surface area contributed by atoms with E-state index in [1.165, 1.54) is 0 Å². The molecule has 0 saturated heterocycles. The van der Waals surface area contributed by atoms with Gasteiger partial charge in [0.05, 0.1) is 12.2 Å². The number of nitrogens with one attached hydrogen (secondary N) is 1. The number of amides is 2. The molecule has 0 fully saturated rings. The largest absolute Gasteiger partial charge is 0.484 e. The highest BCUT2D eigenvalue weighted by atomic mass is 16.5. The van der Waals surface area contributed by atoms with Crippen molar-refractivity contribution in [1.82, 2.24) is 5.32 Å². The number of hydrogen-bond donors (Lipinski definition) is 1. The summed E-state index contributed by atoms with van der Waals surface area (Å²) in [7, 11) is 0. The van der Waals surface area contributed by atoms with Gasteiger partial charge in [-0.3, -0.25) is 9.59 Å². The van der Waals surface area contributed by atoms with E-state index in [0.29, 0.717) is 23.7 Å². The molecule has 1 heterocycles. The molecule has 142 valence electrons. The average molecular weight is 368 g/mol. The zero-order valence-corrected chi connectivity index (χ0v) is 15.6. The van der Waals surface area contributed by atoms with Crippen LogP contribution in [0.2, 0.25) is 0 Å². The van der Waals surface area contributed by atoms with Crippen molar-refractivity contribution in [2.45, 2.75) is 26.4 Å². The van der Waals surface area contributed by atoms with E-state index in [4.69, 9.17) is 9.47 Å². The van der Waals surface area contributed by atoms with Crippen LogP contribution in [0.1, 0.15) is 18.9 Å². The van der Waals surface area contributed by atoms with Crippen LogP contribution in [0.4, 0.5) is 5.69 Å². The minimum absolute atomic E-state index is 0.110. The zero-order valence-electron chi connectivity index (χ0n) is 15.6. The van der Waals surface area contributed by atoms with Gasteiger partial charge in [-0.05, 0) is 43.2 Å². The van der Waals surface area contributed by atoms with Crippen LogP contribution >= 0.6 is 0 Å². The molecule has 0 saturated carbocycles. The van der Waals surface area contributed by atoms with Crippen LogP contribution < -0.4 is 19.7 Å². The highest BCUT2D eigenvalue weighted by Gasteiger charge is 2.33. The van der Waals surface area contributed by atoms with E-state index >= 15 is 0 Å². The molecule has 6 heteroatoms. The van der Waals surface area contributed by atoms with Gasteiger partial charge in [-0.25, -0.2) is 0 Å². The Kier molecular flexibility index (Phi) is 5.96. The van der Waals surface area contributed by atoms with Crippen LogP contribution in [0.5, 0.6) is 11.5 Å². The van der Waals surface area contributed by atoms with Crippen molar-refractivity contribution in [1.29, 1.82) is 0 Å². The van der Waals surface area contributed by atoms with Crippen molar-refractivity contribution in [3.63, 3.8) is 0 Å². The Bertz CT molecular complexity index is 821. The summed E-state index contributed by atoms with van der Waals surface area (Å²) in [6.07, 6.45) is 0.0940. The Balaban J connectivity index is 1.73. The van der Waals surface area contributed by atoms with Gasteiger partial charge < -0.3 is 19.7 Å². The number of para-hydroxylation sites is 2. The number of rotatable bonds is 6. The molecule has 27 heavy (non-hydrogen) atoms. The standard InChI is InChI=1S/C21H24N2O4/c1-3-11-22-21(25)19-13-23(17-9-4-5-10-18(17)27-19)20(24)14-26-16-8-6-7-15(2)12-16/h4-10,12,19H,3,11,13-14H2,1-2H3,(H,22,25)/t19-/m0/s1. The quantitative estimate of drug-likeness (QED) is 0.851. The number of benzene rings is 2. The molecule has 0 aromatic heterocycles. The SMILES string of the molecule is CCCNC(=O)[C@@H]1CN(C(=O)COc2cccc(C)c2)c2ccccc2O1. The van der Waals surface area contributed by atoms with Crippen molar-refractivity contribution in [2.24, 2.45) is 0 Å². The highest BCUT2D eigenvalue weighted by molar-refractivity contribution is 5.98. The van der Waals surface area contributed by atoms with Crippen molar-refractivity contribution in [3.05, 3.63) is 54.1 Å². The maximum atomic E-state index is 12.8. The van der Waals surface area contributed by atoms with Crippen LogP contribution in [0.15, 0.2) is 48.5 Å². The minimum atomic E-state index is -0.741. The Labute approximate surface area is 159 Å². The molecule has 0 radical (unpaired) electrons. The van der Waals surface area contributed by atoms with Gasteiger partial charge >= 0.3 is 0 Å². The Morgan fingerprint density at radius 1 is 1.22 bits per heavy atom. The molecule has 6 nitrogen and oxygen atoms in total. The number of ether oxygens (including phenoxy) is 2. The maximum absolute atomic E-state index is 12.8. The summed E-state index contributed by atoms with van der Waals surface area (Å²) in [6.45, 7) is 4.57. The first kappa shape index (κ1) is 18.8. The van der Waals surface area contributed by atoms with E-state index in [0.717, 1.165) is 12.0 Å². The number of anilines is 1. The summed E-state index contributed by atoms with van der Waals surface area (Å²) in [4.78, 5) is 26.7. The summed E-state index contributed by atoms with van der Waals surface area (Å²) in [5, 5.41) is 2.82. The minimum Gasteiger partial charge on any atom is -0.484 e. The van der Waals surface area contributed by atoms with Gasteiger partial charge in [0.15, 0.2) is 12.7 Å². The molecule has 0 spiro atoms. The fraction of sp³-hybridized carbons (Fsp3) is 0.333. The topological polar surface area (TPSA) is 67.9 Å². The second-order valence-electron chi connectivity index (χ2n) is 6.47. The second kappa shape index (κ2) is 8.58. The predicted molar refractivity (Wildman–Crippen MR) is 103 cm³/mol. The van der Waals surface area contributed by atoms with Crippen molar-refractivity contribution in [2.75, 3.05) is 24.6 Å². The number of hydrogen-bond acceptors (Lipinski definition) is 4.